The predicted molar refractivity (Wildman–Crippen MR) is 81.6 cm³/mol. The lowest BCUT2D eigenvalue weighted by molar-refractivity contribution is -0.0209. The molecule has 5 heteroatoms. The highest BCUT2D eigenvalue weighted by Gasteiger charge is 2.24. The van der Waals surface area contributed by atoms with Crippen LogP contribution in [0.1, 0.15) is 16.0 Å². The summed E-state index contributed by atoms with van der Waals surface area (Å²) in [6.45, 7) is 3.16. The highest BCUT2D eigenvalue weighted by atomic mass is 32.1. The molecule has 106 valence electrons. The maximum absolute atomic E-state index is 5.88. The van der Waals surface area contributed by atoms with E-state index in [9.17, 15) is 0 Å². The smallest absolute Gasteiger partial charge is 0.124 e. The highest BCUT2D eigenvalue weighted by molar-refractivity contribution is 7.12. The van der Waals surface area contributed by atoms with Crippen LogP contribution in [0.4, 0.5) is 0 Å². The number of nitrogens with two attached hydrogens (primary N) is 1. The van der Waals surface area contributed by atoms with Gasteiger partial charge in [-0.05, 0) is 7.05 Å². The van der Waals surface area contributed by atoms with E-state index in [4.69, 9.17) is 15.5 Å². The second kappa shape index (κ2) is 6.01. The van der Waals surface area contributed by atoms with E-state index in [-0.39, 0.29) is 6.10 Å². The lowest BCUT2D eigenvalue weighted by Crippen LogP contribution is -2.35. The van der Waals surface area contributed by atoms with Crippen LogP contribution in [0, 0.1) is 0 Å². The van der Waals surface area contributed by atoms with Crippen molar-refractivity contribution in [2.75, 3.05) is 26.7 Å². The summed E-state index contributed by atoms with van der Waals surface area (Å²) in [7, 11) is 2.12. The number of thiazole rings is 1. The molecule has 0 spiro atoms. The first-order chi connectivity index (χ1) is 9.78. The topological polar surface area (TPSA) is 51.4 Å². The van der Waals surface area contributed by atoms with E-state index in [0.29, 0.717) is 6.54 Å². The van der Waals surface area contributed by atoms with E-state index in [0.717, 1.165) is 40.8 Å². The van der Waals surface area contributed by atoms with Gasteiger partial charge in [-0.25, -0.2) is 4.98 Å². The molecule has 2 heterocycles. The molecule has 1 aromatic heterocycles. The normalized spacial score (nSPS) is 20.2. The summed E-state index contributed by atoms with van der Waals surface area (Å²) < 4.78 is 5.85. The molecular weight excluding hydrogens is 270 g/mol. The molecule has 2 N–H and O–H groups in total. The molecule has 0 aliphatic carbocycles. The van der Waals surface area contributed by atoms with Gasteiger partial charge in [0, 0.05) is 30.1 Å². The van der Waals surface area contributed by atoms with Gasteiger partial charge < -0.3 is 15.4 Å². The molecule has 1 saturated heterocycles. The molecule has 1 aliphatic rings. The third-order valence-corrected chi connectivity index (χ3v) is 4.66. The van der Waals surface area contributed by atoms with E-state index in [2.05, 4.69) is 24.1 Å². The zero-order valence-corrected chi connectivity index (χ0v) is 12.4. The van der Waals surface area contributed by atoms with Crippen molar-refractivity contribution in [1.82, 2.24) is 9.88 Å². The fourth-order valence-electron chi connectivity index (χ4n) is 2.39. The van der Waals surface area contributed by atoms with Gasteiger partial charge in [-0.1, -0.05) is 30.3 Å². The van der Waals surface area contributed by atoms with Crippen LogP contribution in [0.25, 0.3) is 11.3 Å². The third-order valence-electron chi connectivity index (χ3n) is 3.49. The first-order valence-corrected chi connectivity index (χ1v) is 7.65. The molecule has 4 nitrogen and oxygen atoms in total. The van der Waals surface area contributed by atoms with E-state index in [1.165, 1.54) is 0 Å². The molecule has 20 heavy (non-hydrogen) atoms. The van der Waals surface area contributed by atoms with Crippen molar-refractivity contribution >= 4 is 11.3 Å². The number of nitrogens with zero attached hydrogens (tertiary/aromatic N) is 2. The minimum absolute atomic E-state index is 0.0708. The largest absolute Gasteiger partial charge is 0.368 e. The van der Waals surface area contributed by atoms with Crippen molar-refractivity contribution < 1.29 is 4.74 Å². The van der Waals surface area contributed by atoms with Gasteiger partial charge in [-0.3, -0.25) is 0 Å². The number of rotatable bonds is 3. The SMILES string of the molecule is CN1CCOC(c2nc(-c3ccccc3)c(CN)s2)C1. The molecular formula is C15H19N3OS. The van der Waals surface area contributed by atoms with Crippen LogP contribution in [0.15, 0.2) is 30.3 Å². The highest BCUT2D eigenvalue weighted by Crippen LogP contribution is 2.33. The number of morpholine rings is 1. The van der Waals surface area contributed by atoms with Crippen molar-refractivity contribution in [2.24, 2.45) is 5.73 Å². The Bertz CT molecular complexity index is 570. The fraction of sp³-hybridized carbons (Fsp3) is 0.400. The second-order valence-corrected chi connectivity index (χ2v) is 6.13. The van der Waals surface area contributed by atoms with Crippen molar-refractivity contribution in [2.45, 2.75) is 12.6 Å². The monoisotopic (exact) mass is 289 g/mol. The molecule has 1 atom stereocenters. The van der Waals surface area contributed by atoms with Crippen molar-refractivity contribution in [3.05, 3.63) is 40.2 Å². The average Bonchev–Trinajstić information content (AvgIpc) is 2.92. The first kappa shape index (κ1) is 13.7. The Hall–Kier alpha value is -1.27. The summed E-state index contributed by atoms with van der Waals surface area (Å²) in [5.41, 5.74) is 8.01. The van der Waals surface area contributed by atoms with Gasteiger partial charge >= 0.3 is 0 Å². The quantitative estimate of drug-likeness (QED) is 0.942. The summed E-state index contributed by atoms with van der Waals surface area (Å²) in [4.78, 5) is 8.20. The number of hydrogen-bond acceptors (Lipinski definition) is 5. The standard InChI is InChI=1S/C15H19N3OS/c1-18-7-8-19-12(10-18)15-17-14(13(9-16)20-15)11-5-3-2-4-6-11/h2-6,12H,7-10,16H2,1H3. The lowest BCUT2D eigenvalue weighted by atomic mass is 10.1. The zero-order chi connectivity index (χ0) is 13.9. The van der Waals surface area contributed by atoms with Gasteiger partial charge in [0.25, 0.3) is 0 Å². The Morgan fingerprint density at radius 3 is 2.90 bits per heavy atom. The molecule has 1 unspecified atom stereocenters. The Balaban J connectivity index is 1.92. The Labute approximate surface area is 123 Å². The van der Waals surface area contributed by atoms with Crippen molar-refractivity contribution in [1.29, 1.82) is 0 Å². The summed E-state index contributed by atoms with van der Waals surface area (Å²) in [5.74, 6) is 0. The van der Waals surface area contributed by atoms with Crippen molar-refractivity contribution in [3.8, 4) is 11.3 Å². The molecule has 0 bridgehead atoms. The Morgan fingerprint density at radius 1 is 1.40 bits per heavy atom. The van der Waals surface area contributed by atoms with Crippen LogP contribution in [0.2, 0.25) is 0 Å². The average molecular weight is 289 g/mol. The molecule has 0 saturated carbocycles. The van der Waals surface area contributed by atoms with Gasteiger partial charge in [-0.2, -0.15) is 0 Å². The Morgan fingerprint density at radius 2 is 2.20 bits per heavy atom. The van der Waals surface area contributed by atoms with Crippen LogP contribution < -0.4 is 5.73 Å². The maximum Gasteiger partial charge on any atom is 0.124 e. The van der Waals surface area contributed by atoms with Gasteiger partial charge in [0.05, 0.1) is 12.3 Å². The van der Waals surface area contributed by atoms with Crippen LogP contribution >= 0.6 is 11.3 Å². The zero-order valence-electron chi connectivity index (χ0n) is 11.6. The molecule has 1 aliphatic heterocycles. The lowest BCUT2D eigenvalue weighted by Gasteiger charge is -2.28. The maximum atomic E-state index is 5.88. The van der Waals surface area contributed by atoms with Crippen LogP contribution in [-0.2, 0) is 11.3 Å². The van der Waals surface area contributed by atoms with Gasteiger partial charge in [0.15, 0.2) is 0 Å². The fourth-order valence-corrected chi connectivity index (χ4v) is 3.40. The number of hydrogen-bond donors (Lipinski definition) is 1. The summed E-state index contributed by atoms with van der Waals surface area (Å²) in [6, 6.07) is 10.2. The molecule has 2 aromatic rings. The van der Waals surface area contributed by atoms with Gasteiger partial charge in [0.1, 0.15) is 11.1 Å². The minimum Gasteiger partial charge on any atom is -0.368 e. The van der Waals surface area contributed by atoms with E-state index in [1.54, 1.807) is 11.3 Å². The molecule has 0 amide bonds. The molecule has 1 fully saturated rings. The second-order valence-electron chi connectivity index (χ2n) is 5.02. The molecule has 1 aromatic carbocycles. The first-order valence-electron chi connectivity index (χ1n) is 6.83. The Kier molecular flexibility index (Phi) is 4.12. The number of likely N-dealkylation sites (N-methyl/N-ethyl adjacent to an activating group) is 1. The number of aromatic nitrogens is 1. The third kappa shape index (κ3) is 2.76. The summed E-state index contributed by atoms with van der Waals surface area (Å²) in [6.07, 6.45) is 0.0708. The molecule has 3 rings (SSSR count). The van der Waals surface area contributed by atoms with Crippen molar-refractivity contribution in [3.63, 3.8) is 0 Å². The summed E-state index contributed by atoms with van der Waals surface area (Å²) >= 11 is 1.68. The van der Waals surface area contributed by atoms with Crippen LogP contribution in [0.3, 0.4) is 0 Å². The predicted octanol–water partition coefficient (Wildman–Crippen LogP) is 2.27. The van der Waals surface area contributed by atoms with E-state index in [1.807, 2.05) is 18.2 Å². The number of benzene rings is 1. The van der Waals surface area contributed by atoms with E-state index >= 15 is 0 Å². The van der Waals surface area contributed by atoms with Gasteiger partial charge in [-0.15, -0.1) is 11.3 Å². The summed E-state index contributed by atoms with van der Waals surface area (Å²) in [5, 5.41) is 1.04. The number of ether oxygens (including phenoxy) is 1. The van der Waals surface area contributed by atoms with E-state index < -0.39 is 0 Å². The van der Waals surface area contributed by atoms with Gasteiger partial charge in [0.2, 0.25) is 0 Å². The molecule has 0 radical (unpaired) electrons. The minimum atomic E-state index is 0.0708. The van der Waals surface area contributed by atoms with Crippen LogP contribution in [-0.4, -0.2) is 36.6 Å². The van der Waals surface area contributed by atoms with Crippen LogP contribution in [0.5, 0.6) is 0 Å².